The summed E-state index contributed by atoms with van der Waals surface area (Å²) < 4.78 is 0. The molecule has 2 bridgehead atoms. The first-order chi connectivity index (χ1) is 10.3. The van der Waals surface area contributed by atoms with Crippen molar-refractivity contribution in [3.05, 3.63) is 36.0 Å². The molecule has 1 aliphatic carbocycles. The van der Waals surface area contributed by atoms with E-state index in [2.05, 4.69) is 15.2 Å². The number of benzene rings is 1. The van der Waals surface area contributed by atoms with Gasteiger partial charge in [0, 0.05) is 23.0 Å². The van der Waals surface area contributed by atoms with Gasteiger partial charge < -0.3 is 10.3 Å². The molecule has 2 saturated heterocycles. The van der Waals surface area contributed by atoms with E-state index in [4.69, 9.17) is 0 Å². The monoisotopic (exact) mass is 281 g/mol. The molecule has 2 N–H and O–H groups in total. The summed E-state index contributed by atoms with van der Waals surface area (Å²) in [7, 11) is 0. The third kappa shape index (κ3) is 1.57. The molecule has 3 heterocycles. The highest BCUT2D eigenvalue weighted by molar-refractivity contribution is 5.98. The van der Waals surface area contributed by atoms with Crippen molar-refractivity contribution < 1.29 is 4.79 Å². The van der Waals surface area contributed by atoms with Crippen molar-refractivity contribution >= 4 is 16.8 Å². The van der Waals surface area contributed by atoms with Crippen LogP contribution in [0.4, 0.5) is 0 Å². The van der Waals surface area contributed by atoms with E-state index in [0.717, 1.165) is 10.9 Å². The molecule has 1 saturated carbocycles. The lowest BCUT2D eigenvalue weighted by atomic mass is 9.92. The summed E-state index contributed by atoms with van der Waals surface area (Å²) in [6.07, 6.45) is 3.74. The molecule has 108 valence electrons. The zero-order chi connectivity index (χ0) is 14.0. The lowest BCUT2D eigenvalue weighted by molar-refractivity contribution is 0.0888. The Morgan fingerprint density at radius 3 is 3.00 bits per heavy atom. The van der Waals surface area contributed by atoms with Crippen LogP contribution < -0.4 is 5.32 Å². The fourth-order valence-corrected chi connectivity index (χ4v) is 4.52. The van der Waals surface area contributed by atoms with Gasteiger partial charge in [0.2, 0.25) is 0 Å². The van der Waals surface area contributed by atoms with Crippen LogP contribution >= 0.6 is 0 Å². The van der Waals surface area contributed by atoms with Gasteiger partial charge in [0.15, 0.2) is 0 Å². The average Bonchev–Trinajstić information content (AvgIpc) is 2.90. The molecular formula is C17H19N3O. The summed E-state index contributed by atoms with van der Waals surface area (Å²) in [6.45, 7) is 2.40. The number of carbonyl (C=O) groups is 1. The van der Waals surface area contributed by atoms with E-state index in [-0.39, 0.29) is 5.91 Å². The number of rotatable bonds is 2. The van der Waals surface area contributed by atoms with E-state index in [0.29, 0.717) is 23.2 Å². The molecule has 3 atom stereocenters. The third-order valence-corrected chi connectivity index (χ3v) is 5.73. The standard InChI is InChI=1S/C17H19N3O/c21-16(14-9-11-3-1-2-4-13(11)18-14)19-15-12-5-8-20(10-12)17(15)6-7-17/h1-4,9,12,15,18H,5-8,10H2,(H,19,21). The number of para-hydroxylation sites is 1. The van der Waals surface area contributed by atoms with E-state index in [1.54, 1.807) is 0 Å². The van der Waals surface area contributed by atoms with Crippen LogP contribution in [-0.2, 0) is 0 Å². The smallest absolute Gasteiger partial charge is 0.268 e. The van der Waals surface area contributed by atoms with Gasteiger partial charge in [-0.05, 0) is 43.9 Å². The number of nitrogens with zero attached hydrogens (tertiary/aromatic N) is 1. The fourth-order valence-electron chi connectivity index (χ4n) is 4.52. The number of piperidine rings is 1. The van der Waals surface area contributed by atoms with E-state index in [1.807, 2.05) is 30.3 Å². The average molecular weight is 281 g/mol. The van der Waals surface area contributed by atoms with Crippen molar-refractivity contribution in [1.29, 1.82) is 0 Å². The number of hydrogen-bond acceptors (Lipinski definition) is 2. The molecule has 1 aromatic heterocycles. The topological polar surface area (TPSA) is 48.1 Å². The minimum atomic E-state index is 0.0521. The SMILES string of the molecule is O=C(NC1C2CCN(C2)C12CC2)c1cc2ccccc2[nH]1. The zero-order valence-electron chi connectivity index (χ0n) is 11.9. The molecule has 3 aliphatic rings. The first-order valence-corrected chi connectivity index (χ1v) is 7.90. The highest BCUT2D eigenvalue weighted by Gasteiger charge is 2.63. The van der Waals surface area contributed by atoms with Crippen molar-refractivity contribution in [3.63, 3.8) is 0 Å². The number of hydrogen-bond donors (Lipinski definition) is 2. The first kappa shape index (κ1) is 11.8. The summed E-state index contributed by atoms with van der Waals surface area (Å²) in [6, 6.07) is 10.3. The second-order valence-corrected chi connectivity index (χ2v) is 6.82. The summed E-state index contributed by atoms with van der Waals surface area (Å²) in [4.78, 5) is 18.4. The number of amides is 1. The van der Waals surface area contributed by atoms with Crippen LogP contribution in [0.25, 0.3) is 10.9 Å². The van der Waals surface area contributed by atoms with Crippen LogP contribution in [0.3, 0.4) is 0 Å². The number of H-pyrrole nitrogens is 1. The van der Waals surface area contributed by atoms with E-state index >= 15 is 0 Å². The van der Waals surface area contributed by atoms with Crippen LogP contribution in [0, 0.1) is 5.92 Å². The Kier molecular flexibility index (Phi) is 2.19. The molecule has 1 amide bonds. The van der Waals surface area contributed by atoms with Crippen molar-refractivity contribution in [1.82, 2.24) is 15.2 Å². The highest BCUT2D eigenvalue weighted by Crippen LogP contribution is 2.55. The van der Waals surface area contributed by atoms with Gasteiger partial charge in [0.1, 0.15) is 5.69 Å². The third-order valence-electron chi connectivity index (χ3n) is 5.73. The van der Waals surface area contributed by atoms with Gasteiger partial charge in [0.05, 0.1) is 6.04 Å². The molecule has 1 aromatic carbocycles. The molecular weight excluding hydrogens is 262 g/mol. The quantitative estimate of drug-likeness (QED) is 0.886. The highest BCUT2D eigenvalue weighted by atomic mass is 16.2. The summed E-state index contributed by atoms with van der Waals surface area (Å²) in [5, 5.41) is 4.43. The van der Waals surface area contributed by atoms with Gasteiger partial charge in [-0.2, -0.15) is 0 Å². The van der Waals surface area contributed by atoms with Crippen LogP contribution in [0.5, 0.6) is 0 Å². The summed E-state index contributed by atoms with van der Waals surface area (Å²) in [5.74, 6) is 0.706. The molecule has 5 rings (SSSR count). The maximum atomic E-state index is 12.6. The van der Waals surface area contributed by atoms with Gasteiger partial charge >= 0.3 is 0 Å². The van der Waals surface area contributed by atoms with Crippen molar-refractivity contribution in [2.24, 2.45) is 5.92 Å². The maximum Gasteiger partial charge on any atom is 0.268 e. The minimum Gasteiger partial charge on any atom is -0.351 e. The molecule has 4 nitrogen and oxygen atoms in total. The van der Waals surface area contributed by atoms with Crippen LogP contribution in [-0.4, -0.2) is 40.5 Å². The molecule has 3 fully saturated rings. The number of aromatic nitrogens is 1. The normalized spacial score (nSPS) is 31.9. The number of aromatic amines is 1. The van der Waals surface area contributed by atoms with Crippen molar-refractivity contribution in [2.75, 3.05) is 13.1 Å². The molecule has 2 aliphatic heterocycles. The zero-order valence-corrected chi connectivity index (χ0v) is 11.9. The Balaban J connectivity index is 1.42. The Labute approximate surface area is 123 Å². The van der Waals surface area contributed by atoms with Gasteiger partial charge in [-0.1, -0.05) is 18.2 Å². The van der Waals surface area contributed by atoms with Gasteiger partial charge in [-0.15, -0.1) is 0 Å². The Morgan fingerprint density at radius 2 is 2.19 bits per heavy atom. The van der Waals surface area contributed by atoms with Gasteiger partial charge in [0.25, 0.3) is 5.91 Å². The molecule has 4 heteroatoms. The Bertz CT molecular complexity index is 697. The Morgan fingerprint density at radius 1 is 1.33 bits per heavy atom. The van der Waals surface area contributed by atoms with Gasteiger partial charge in [-0.3, -0.25) is 9.69 Å². The second kappa shape index (κ2) is 3.89. The number of carbonyl (C=O) groups excluding carboxylic acids is 1. The Hall–Kier alpha value is -1.81. The van der Waals surface area contributed by atoms with Crippen molar-refractivity contribution in [2.45, 2.75) is 30.8 Å². The lowest BCUT2D eigenvalue weighted by Crippen LogP contribution is -2.51. The van der Waals surface area contributed by atoms with Crippen LogP contribution in [0.1, 0.15) is 29.8 Å². The predicted octanol–water partition coefficient (Wildman–Crippen LogP) is 2.13. The van der Waals surface area contributed by atoms with Crippen molar-refractivity contribution in [3.8, 4) is 0 Å². The molecule has 0 radical (unpaired) electrons. The fraction of sp³-hybridized carbons (Fsp3) is 0.471. The number of nitrogens with one attached hydrogen (secondary N) is 2. The predicted molar refractivity (Wildman–Crippen MR) is 81.2 cm³/mol. The number of fused-ring (bicyclic) bond motifs is 4. The van der Waals surface area contributed by atoms with E-state index in [1.165, 1.54) is 32.4 Å². The van der Waals surface area contributed by atoms with Crippen LogP contribution in [0.15, 0.2) is 30.3 Å². The first-order valence-electron chi connectivity index (χ1n) is 7.90. The molecule has 21 heavy (non-hydrogen) atoms. The molecule has 1 spiro atoms. The van der Waals surface area contributed by atoms with E-state index in [9.17, 15) is 4.79 Å². The molecule has 2 aromatic rings. The van der Waals surface area contributed by atoms with Gasteiger partial charge in [-0.25, -0.2) is 0 Å². The lowest BCUT2D eigenvalue weighted by Gasteiger charge is -2.33. The maximum absolute atomic E-state index is 12.6. The summed E-state index contributed by atoms with van der Waals surface area (Å²) in [5.41, 5.74) is 2.02. The second-order valence-electron chi connectivity index (χ2n) is 6.82. The largest absolute Gasteiger partial charge is 0.351 e. The molecule has 3 unspecified atom stereocenters. The van der Waals surface area contributed by atoms with E-state index < -0.39 is 0 Å². The minimum absolute atomic E-state index is 0.0521. The summed E-state index contributed by atoms with van der Waals surface area (Å²) >= 11 is 0. The van der Waals surface area contributed by atoms with Crippen LogP contribution in [0.2, 0.25) is 0 Å².